The Morgan fingerprint density at radius 3 is 2.37 bits per heavy atom. The van der Waals surface area contributed by atoms with Gasteiger partial charge in [0, 0.05) is 30.2 Å². The molecular formula is C40H43N3O7Si. The average Bonchev–Trinajstić information content (AvgIpc) is 3.57. The molecule has 0 unspecified atom stereocenters. The molecule has 264 valence electrons. The van der Waals surface area contributed by atoms with Crippen molar-refractivity contribution in [1.82, 2.24) is 4.90 Å². The Bertz CT molecular complexity index is 1970. The van der Waals surface area contributed by atoms with Crippen molar-refractivity contribution in [3.8, 4) is 5.75 Å². The van der Waals surface area contributed by atoms with E-state index in [1.165, 1.54) is 12.1 Å². The summed E-state index contributed by atoms with van der Waals surface area (Å²) in [5, 5.41) is 23.6. The molecule has 4 aromatic carbocycles. The average molecular weight is 706 g/mol. The van der Waals surface area contributed by atoms with Gasteiger partial charge in [0.2, 0.25) is 5.91 Å². The van der Waals surface area contributed by atoms with Crippen LogP contribution in [0.5, 0.6) is 5.75 Å². The number of methoxy groups -OCH3 is 1. The van der Waals surface area contributed by atoms with Gasteiger partial charge in [0.1, 0.15) is 5.75 Å². The number of hydrogen-bond donors (Lipinski definition) is 1. The minimum absolute atomic E-state index is 0.00175. The molecule has 5 atom stereocenters. The molecule has 3 aliphatic rings. The lowest BCUT2D eigenvalue weighted by Gasteiger charge is -2.39. The summed E-state index contributed by atoms with van der Waals surface area (Å²) >= 11 is 0. The number of carbonyl (C=O) groups excluding carboxylic acids is 2. The Morgan fingerprint density at radius 2 is 1.71 bits per heavy atom. The second-order valence-corrected chi connectivity index (χ2v) is 19.2. The standard InChI is InChI=1S/C40H43N3O7Si/c1-26-38(51(3,4)33-17-15-32(49-2)16-18-33)36(22-37(45)41-24-29-13-9-8-12-28(29)20-31(41)25-44)50-40(26)34-21-30(43(47)48)14-19-35(34)42(39(40)46)23-27-10-6-5-7-11-27/h5-19,21,26,31,36,38,44H,20,22-25H2,1-4H3/t26-,31+,36+,38-,40+/m1/s1. The van der Waals surface area contributed by atoms with E-state index in [1.807, 2.05) is 73.7 Å². The first-order valence-corrected chi connectivity index (χ1v) is 20.5. The summed E-state index contributed by atoms with van der Waals surface area (Å²) < 4.78 is 12.6. The summed E-state index contributed by atoms with van der Waals surface area (Å²) in [4.78, 5) is 44.6. The minimum Gasteiger partial charge on any atom is -0.497 e. The van der Waals surface area contributed by atoms with Crippen molar-refractivity contribution in [2.75, 3.05) is 18.6 Å². The van der Waals surface area contributed by atoms with Crippen LogP contribution in [-0.4, -0.2) is 60.7 Å². The number of fused-ring (bicyclic) bond motifs is 3. The monoisotopic (exact) mass is 705 g/mol. The molecule has 0 saturated carbocycles. The number of ether oxygens (including phenoxy) is 2. The molecule has 0 bridgehead atoms. The fraction of sp³-hybridized carbons (Fsp3) is 0.350. The number of benzene rings is 4. The van der Waals surface area contributed by atoms with Gasteiger partial charge in [-0.1, -0.05) is 91.9 Å². The molecule has 10 nitrogen and oxygen atoms in total. The molecule has 51 heavy (non-hydrogen) atoms. The lowest BCUT2D eigenvalue weighted by molar-refractivity contribution is -0.385. The van der Waals surface area contributed by atoms with E-state index in [1.54, 1.807) is 23.0 Å². The van der Waals surface area contributed by atoms with Gasteiger partial charge in [0.25, 0.3) is 11.6 Å². The molecule has 4 aromatic rings. The van der Waals surface area contributed by atoms with Crippen LogP contribution in [-0.2, 0) is 39.4 Å². The summed E-state index contributed by atoms with van der Waals surface area (Å²) in [6.45, 7) is 6.94. The van der Waals surface area contributed by atoms with Crippen LogP contribution in [0.15, 0.2) is 97.1 Å². The first-order chi connectivity index (χ1) is 24.5. The van der Waals surface area contributed by atoms with E-state index in [-0.39, 0.29) is 48.7 Å². The van der Waals surface area contributed by atoms with E-state index in [0.29, 0.717) is 24.2 Å². The zero-order chi connectivity index (χ0) is 36.1. The van der Waals surface area contributed by atoms with Gasteiger partial charge in [-0.2, -0.15) is 0 Å². The van der Waals surface area contributed by atoms with Crippen LogP contribution < -0.4 is 14.8 Å². The molecule has 1 spiro atoms. The van der Waals surface area contributed by atoms with Crippen molar-refractivity contribution in [3.63, 3.8) is 0 Å². The van der Waals surface area contributed by atoms with Gasteiger partial charge in [0.05, 0.1) is 57.5 Å². The molecule has 1 N–H and O–H groups in total. The van der Waals surface area contributed by atoms with Crippen molar-refractivity contribution in [2.24, 2.45) is 5.92 Å². The Morgan fingerprint density at radius 1 is 1.02 bits per heavy atom. The summed E-state index contributed by atoms with van der Waals surface area (Å²) in [5.41, 5.74) is 2.19. The smallest absolute Gasteiger partial charge is 0.269 e. The molecule has 2 amide bonds. The molecule has 3 aliphatic heterocycles. The predicted octanol–water partition coefficient (Wildman–Crippen LogP) is 5.70. The quantitative estimate of drug-likeness (QED) is 0.135. The third-order valence-corrected chi connectivity index (χ3v) is 15.8. The number of non-ortho nitro benzene ring substituents is 1. The fourth-order valence-electron chi connectivity index (χ4n) is 8.87. The van der Waals surface area contributed by atoms with E-state index >= 15 is 4.79 Å². The molecule has 0 aromatic heterocycles. The van der Waals surface area contributed by atoms with Gasteiger partial charge < -0.3 is 24.4 Å². The first kappa shape index (κ1) is 34.6. The van der Waals surface area contributed by atoms with Gasteiger partial charge in [-0.05, 0) is 46.9 Å². The molecule has 3 heterocycles. The summed E-state index contributed by atoms with van der Waals surface area (Å²) in [5.74, 6) is -0.155. The van der Waals surface area contributed by atoms with Crippen LogP contribution in [0.2, 0.25) is 18.6 Å². The van der Waals surface area contributed by atoms with Crippen LogP contribution >= 0.6 is 0 Å². The highest BCUT2D eigenvalue weighted by Crippen LogP contribution is 2.60. The first-order valence-electron chi connectivity index (χ1n) is 17.4. The number of nitrogens with zero attached hydrogens (tertiary/aromatic N) is 3. The van der Waals surface area contributed by atoms with E-state index in [0.717, 1.165) is 27.6 Å². The van der Waals surface area contributed by atoms with Crippen LogP contribution in [0.1, 0.15) is 35.6 Å². The SMILES string of the molecule is COc1ccc([Si](C)(C)[C@H]2[C@H](CC(=O)N3Cc4ccccc4C[C@H]3CO)O[C@@]3(C(=O)N(Cc4ccccc4)c4ccc([N+](=O)[O-])cc43)[C@@H]2C)cc1. The normalized spacial score (nSPS) is 24.1. The molecule has 11 heteroatoms. The molecular weight excluding hydrogens is 663 g/mol. The third-order valence-electron chi connectivity index (χ3n) is 11.5. The summed E-state index contributed by atoms with van der Waals surface area (Å²) in [6, 6.07) is 29.8. The summed E-state index contributed by atoms with van der Waals surface area (Å²) in [7, 11) is -0.966. The highest BCUT2D eigenvalue weighted by atomic mass is 28.3. The van der Waals surface area contributed by atoms with Crippen LogP contribution in [0.3, 0.4) is 0 Å². The van der Waals surface area contributed by atoms with E-state index in [2.05, 4.69) is 25.2 Å². The number of amides is 2. The number of hydrogen-bond acceptors (Lipinski definition) is 7. The van der Waals surface area contributed by atoms with E-state index in [4.69, 9.17) is 9.47 Å². The van der Waals surface area contributed by atoms with E-state index < -0.39 is 30.6 Å². The minimum atomic E-state index is -2.59. The molecule has 0 aliphatic carbocycles. The van der Waals surface area contributed by atoms with Gasteiger partial charge in [-0.15, -0.1) is 0 Å². The van der Waals surface area contributed by atoms with E-state index in [9.17, 15) is 20.0 Å². The van der Waals surface area contributed by atoms with Crippen LogP contribution in [0.4, 0.5) is 11.4 Å². The maximum atomic E-state index is 15.0. The zero-order valence-corrected chi connectivity index (χ0v) is 30.3. The summed E-state index contributed by atoms with van der Waals surface area (Å²) in [6.07, 6.45) is -0.136. The van der Waals surface area contributed by atoms with Crippen molar-refractivity contribution in [1.29, 1.82) is 0 Å². The number of nitro benzene ring substituents is 1. The maximum Gasteiger partial charge on any atom is 0.269 e. The van der Waals surface area contributed by atoms with Crippen LogP contribution in [0, 0.1) is 16.0 Å². The highest BCUT2D eigenvalue weighted by molar-refractivity contribution is 6.91. The number of rotatable bonds is 9. The Balaban J connectivity index is 1.33. The van der Waals surface area contributed by atoms with Gasteiger partial charge >= 0.3 is 0 Å². The molecule has 0 radical (unpaired) electrons. The topological polar surface area (TPSA) is 122 Å². The lowest BCUT2D eigenvalue weighted by Crippen LogP contribution is -2.52. The molecule has 7 rings (SSSR count). The highest BCUT2D eigenvalue weighted by Gasteiger charge is 2.67. The number of nitro groups is 1. The van der Waals surface area contributed by atoms with Crippen molar-refractivity contribution in [3.05, 3.63) is 129 Å². The Hall–Kier alpha value is -4.84. The number of aliphatic hydroxyl groups is 1. The zero-order valence-electron chi connectivity index (χ0n) is 29.3. The second-order valence-electron chi connectivity index (χ2n) is 14.5. The van der Waals surface area contributed by atoms with Gasteiger partial charge in [0.15, 0.2) is 5.60 Å². The predicted molar refractivity (Wildman–Crippen MR) is 196 cm³/mol. The second kappa shape index (κ2) is 13.4. The van der Waals surface area contributed by atoms with Crippen molar-refractivity contribution in [2.45, 2.75) is 69.2 Å². The van der Waals surface area contributed by atoms with Crippen LogP contribution in [0.25, 0.3) is 0 Å². The number of anilines is 1. The van der Waals surface area contributed by atoms with Crippen molar-refractivity contribution < 1.29 is 29.1 Å². The molecule has 1 fully saturated rings. The number of aliphatic hydroxyl groups excluding tert-OH is 1. The fourth-order valence-corrected chi connectivity index (χ4v) is 12.9. The third kappa shape index (κ3) is 5.83. The van der Waals surface area contributed by atoms with Gasteiger partial charge in [-0.25, -0.2) is 0 Å². The Kier molecular flexibility index (Phi) is 9.07. The Labute approximate surface area is 298 Å². The molecule has 1 saturated heterocycles. The van der Waals surface area contributed by atoms with Crippen molar-refractivity contribution >= 4 is 36.4 Å². The number of carbonyl (C=O) groups is 2. The van der Waals surface area contributed by atoms with Gasteiger partial charge in [-0.3, -0.25) is 19.7 Å². The largest absolute Gasteiger partial charge is 0.497 e. The lowest BCUT2D eigenvalue weighted by atomic mass is 9.82. The maximum absolute atomic E-state index is 15.0.